The van der Waals surface area contributed by atoms with Gasteiger partial charge in [0.25, 0.3) is 0 Å². The van der Waals surface area contributed by atoms with E-state index in [0.717, 1.165) is 0 Å². The standard InChI is InChI=1S/C10H9NO3/c11-6-8(10(13)14)4-7-2-1-3-9(12)5-7/h1-3,5,8,12H,4H2,(H,13,14). The van der Waals surface area contributed by atoms with Crippen molar-refractivity contribution in [2.75, 3.05) is 0 Å². The minimum Gasteiger partial charge on any atom is -0.508 e. The molecule has 0 aliphatic heterocycles. The number of rotatable bonds is 3. The molecule has 0 aliphatic rings. The van der Waals surface area contributed by atoms with E-state index in [-0.39, 0.29) is 12.2 Å². The molecule has 1 rings (SSSR count). The highest BCUT2D eigenvalue weighted by atomic mass is 16.4. The maximum absolute atomic E-state index is 10.5. The van der Waals surface area contributed by atoms with Gasteiger partial charge in [-0.2, -0.15) is 5.26 Å². The minimum absolute atomic E-state index is 0.0737. The monoisotopic (exact) mass is 191 g/mol. The van der Waals surface area contributed by atoms with Crippen LogP contribution >= 0.6 is 0 Å². The summed E-state index contributed by atoms with van der Waals surface area (Å²) >= 11 is 0. The molecular formula is C10H9NO3. The van der Waals surface area contributed by atoms with E-state index in [4.69, 9.17) is 15.5 Å². The molecule has 0 spiro atoms. The van der Waals surface area contributed by atoms with Crippen LogP contribution in [0.2, 0.25) is 0 Å². The topological polar surface area (TPSA) is 81.3 Å². The molecular weight excluding hydrogens is 182 g/mol. The quantitative estimate of drug-likeness (QED) is 0.751. The fourth-order valence-electron chi connectivity index (χ4n) is 1.11. The largest absolute Gasteiger partial charge is 0.508 e. The first-order valence-corrected chi connectivity index (χ1v) is 4.04. The van der Waals surface area contributed by atoms with E-state index in [1.807, 2.05) is 0 Å². The van der Waals surface area contributed by atoms with E-state index in [0.29, 0.717) is 5.56 Å². The van der Waals surface area contributed by atoms with Crippen LogP contribution in [0.1, 0.15) is 5.56 Å². The second-order valence-electron chi connectivity index (χ2n) is 2.89. The first-order valence-electron chi connectivity index (χ1n) is 4.04. The van der Waals surface area contributed by atoms with Crippen molar-refractivity contribution in [2.45, 2.75) is 6.42 Å². The predicted molar refractivity (Wildman–Crippen MR) is 48.5 cm³/mol. The van der Waals surface area contributed by atoms with Crippen molar-refractivity contribution in [3.05, 3.63) is 29.8 Å². The van der Waals surface area contributed by atoms with E-state index >= 15 is 0 Å². The first kappa shape index (κ1) is 10.1. The van der Waals surface area contributed by atoms with Gasteiger partial charge in [-0.1, -0.05) is 12.1 Å². The van der Waals surface area contributed by atoms with Gasteiger partial charge in [0, 0.05) is 0 Å². The maximum atomic E-state index is 10.5. The fraction of sp³-hybridized carbons (Fsp3) is 0.200. The van der Waals surface area contributed by atoms with Gasteiger partial charge in [0.2, 0.25) is 0 Å². The van der Waals surface area contributed by atoms with E-state index in [1.165, 1.54) is 12.1 Å². The van der Waals surface area contributed by atoms with Gasteiger partial charge in [-0.3, -0.25) is 4.79 Å². The molecule has 0 radical (unpaired) electrons. The van der Waals surface area contributed by atoms with Gasteiger partial charge in [0.15, 0.2) is 0 Å². The molecule has 1 unspecified atom stereocenters. The fourth-order valence-corrected chi connectivity index (χ4v) is 1.11. The normalized spacial score (nSPS) is 11.6. The SMILES string of the molecule is N#CC(Cc1cccc(O)c1)C(=O)O. The second-order valence-corrected chi connectivity index (χ2v) is 2.89. The summed E-state index contributed by atoms with van der Waals surface area (Å²) < 4.78 is 0. The van der Waals surface area contributed by atoms with Crippen molar-refractivity contribution in [1.82, 2.24) is 0 Å². The van der Waals surface area contributed by atoms with Crippen molar-refractivity contribution in [2.24, 2.45) is 5.92 Å². The zero-order chi connectivity index (χ0) is 10.6. The third kappa shape index (κ3) is 2.49. The number of aliphatic carboxylic acids is 1. The van der Waals surface area contributed by atoms with Crippen LogP contribution in [-0.2, 0) is 11.2 Å². The molecule has 0 aliphatic carbocycles. The summed E-state index contributed by atoms with van der Waals surface area (Å²) in [5.74, 6) is -2.13. The Kier molecular flexibility index (Phi) is 3.08. The van der Waals surface area contributed by atoms with Gasteiger partial charge >= 0.3 is 5.97 Å². The molecule has 0 heterocycles. The molecule has 1 aromatic carbocycles. The number of aromatic hydroxyl groups is 1. The van der Waals surface area contributed by atoms with Gasteiger partial charge < -0.3 is 10.2 Å². The molecule has 1 aromatic rings. The summed E-state index contributed by atoms with van der Waals surface area (Å²) in [5, 5.41) is 26.3. The average Bonchev–Trinajstić information content (AvgIpc) is 2.14. The zero-order valence-corrected chi connectivity index (χ0v) is 7.34. The highest BCUT2D eigenvalue weighted by Gasteiger charge is 2.16. The smallest absolute Gasteiger partial charge is 0.321 e. The highest BCUT2D eigenvalue weighted by molar-refractivity contribution is 5.73. The van der Waals surface area contributed by atoms with E-state index < -0.39 is 11.9 Å². The van der Waals surface area contributed by atoms with E-state index in [2.05, 4.69) is 0 Å². The van der Waals surface area contributed by atoms with Gasteiger partial charge in [0.1, 0.15) is 11.7 Å². The number of carbonyl (C=O) groups is 1. The molecule has 1 atom stereocenters. The van der Waals surface area contributed by atoms with Gasteiger partial charge in [-0.25, -0.2) is 0 Å². The van der Waals surface area contributed by atoms with Gasteiger partial charge in [-0.15, -0.1) is 0 Å². The predicted octanol–water partition coefficient (Wildman–Crippen LogP) is 1.16. The van der Waals surface area contributed by atoms with Crippen molar-refractivity contribution < 1.29 is 15.0 Å². The van der Waals surface area contributed by atoms with Crippen molar-refractivity contribution in [3.8, 4) is 11.8 Å². The van der Waals surface area contributed by atoms with Crippen LogP contribution in [0.15, 0.2) is 24.3 Å². The lowest BCUT2D eigenvalue weighted by Crippen LogP contribution is -2.13. The lowest BCUT2D eigenvalue weighted by atomic mass is 10.0. The molecule has 0 amide bonds. The van der Waals surface area contributed by atoms with Crippen molar-refractivity contribution in [3.63, 3.8) is 0 Å². The van der Waals surface area contributed by atoms with Crippen molar-refractivity contribution in [1.29, 1.82) is 5.26 Å². The third-order valence-electron chi connectivity index (χ3n) is 1.80. The Morgan fingerprint density at radius 1 is 1.57 bits per heavy atom. The molecule has 0 saturated carbocycles. The lowest BCUT2D eigenvalue weighted by molar-refractivity contribution is -0.139. The molecule has 0 aromatic heterocycles. The number of nitriles is 1. The summed E-state index contributed by atoms with van der Waals surface area (Å²) in [4.78, 5) is 10.5. The molecule has 4 heteroatoms. The minimum atomic E-state index is -1.14. The summed E-state index contributed by atoms with van der Waals surface area (Å²) in [6.07, 6.45) is 0.111. The Labute approximate surface area is 81.0 Å². The number of carboxylic acid groups (broad SMARTS) is 1. The summed E-state index contributed by atoms with van der Waals surface area (Å²) in [5.41, 5.74) is 0.638. The first-order chi connectivity index (χ1) is 6.63. The van der Waals surface area contributed by atoms with E-state index in [1.54, 1.807) is 18.2 Å². The molecule has 72 valence electrons. The number of benzene rings is 1. The molecule has 4 nitrogen and oxygen atoms in total. The molecule has 0 bridgehead atoms. The summed E-state index contributed by atoms with van der Waals surface area (Å²) in [6.45, 7) is 0. The zero-order valence-electron chi connectivity index (χ0n) is 7.34. The number of carboxylic acids is 1. The average molecular weight is 191 g/mol. The Morgan fingerprint density at radius 3 is 2.79 bits per heavy atom. The van der Waals surface area contributed by atoms with Crippen LogP contribution in [0.4, 0.5) is 0 Å². The Hall–Kier alpha value is -2.02. The molecule has 0 fully saturated rings. The summed E-state index contributed by atoms with van der Waals surface area (Å²) in [6, 6.07) is 7.92. The molecule has 2 N–H and O–H groups in total. The number of hydrogen-bond acceptors (Lipinski definition) is 3. The Balaban J connectivity index is 2.78. The van der Waals surface area contributed by atoms with E-state index in [9.17, 15) is 4.79 Å². The van der Waals surface area contributed by atoms with Crippen LogP contribution < -0.4 is 0 Å². The van der Waals surface area contributed by atoms with Crippen LogP contribution in [0, 0.1) is 17.2 Å². The van der Waals surface area contributed by atoms with Crippen molar-refractivity contribution >= 4 is 5.97 Å². The van der Waals surface area contributed by atoms with Crippen LogP contribution in [0.5, 0.6) is 5.75 Å². The number of nitrogens with zero attached hydrogens (tertiary/aromatic N) is 1. The molecule has 0 saturated heterocycles. The lowest BCUT2D eigenvalue weighted by Gasteiger charge is -2.03. The number of phenolic OH excluding ortho intramolecular Hbond substituents is 1. The highest BCUT2D eigenvalue weighted by Crippen LogP contribution is 2.14. The molecule has 14 heavy (non-hydrogen) atoms. The van der Waals surface area contributed by atoms with Gasteiger partial charge in [0.05, 0.1) is 6.07 Å². The maximum Gasteiger partial charge on any atom is 0.321 e. The number of phenols is 1. The third-order valence-corrected chi connectivity index (χ3v) is 1.80. The van der Waals surface area contributed by atoms with Crippen LogP contribution in [0.25, 0.3) is 0 Å². The second kappa shape index (κ2) is 4.28. The Morgan fingerprint density at radius 2 is 2.29 bits per heavy atom. The number of hydrogen-bond donors (Lipinski definition) is 2. The summed E-state index contributed by atoms with van der Waals surface area (Å²) in [7, 11) is 0. The Bertz CT molecular complexity index is 381. The van der Waals surface area contributed by atoms with Crippen LogP contribution in [-0.4, -0.2) is 16.2 Å². The van der Waals surface area contributed by atoms with Gasteiger partial charge in [-0.05, 0) is 24.1 Å². The van der Waals surface area contributed by atoms with Crippen LogP contribution in [0.3, 0.4) is 0 Å².